The van der Waals surface area contributed by atoms with Crippen LogP contribution in [0.3, 0.4) is 0 Å². The van der Waals surface area contributed by atoms with Gasteiger partial charge in [-0.1, -0.05) is 23.7 Å². The Balaban J connectivity index is 2.35. The zero-order valence-corrected chi connectivity index (χ0v) is 16.5. The molecule has 1 amide bonds. The van der Waals surface area contributed by atoms with Crippen LogP contribution >= 0.6 is 23.7 Å². The summed E-state index contributed by atoms with van der Waals surface area (Å²) in [6.45, 7) is 3.82. The summed E-state index contributed by atoms with van der Waals surface area (Å²) in [6.07, 6.45) is 7.14. The van der Waals surface area contributed by atoms with E-state index < -0.39 is 0 Å². The van der Waals surface area contributed by atoms with Crippen LogP contribution in [0.4, 0.5) is 17.3 Å². The molecule has 2 aromatic rings. The lowest BCUT2D eigenvalue weighted by Crippen LogP contribution is -2.31. The van der Waals surface area contributed by atoms with Crippen molar-refractivity contribution in [3.63, 3.8) is 0 Å². The third-order valence-corrected chi connectivity index (χ3v) is 4.51. The number of amides is 1. The van der Waals surface area contributed by atoms with Crippen molar-refractivity contribution in [2.75, 3.05) is 29.2 Å². The van der Waals surface area contributed by atoms with Crippen LogP contribution in [-0.4, -0.2) is 46.5 Å². The van der Waals surface area contributed by atoms with Gasteiger partial charge in [-0.25, -0.2) is 15.0 Å². The zero-order chi connectivity index (χ0) is 18.4. The van der Waals surface area contributed by atoms with Crippen molar-refractivity contribution in [3.05, 3.63) is 30.1 Å². The maximum atomic E-state index is 12.4. The van der Waals surface area contributed by atoms with Gasteiger partial charge in [0.2, 0.25) is 0 Å². The van der Waals surface area contributed by atoms with Gasteiger partial charge in [-0.3, -0.25) is 4.79 Å². The van der Waals surface area contributed by atoms with E-state index in [4.69, 9.17) is 0 Å². The Morgan fingerprint density at radius 3 is 2.68 bits per heavy atom. The fourth-order valence-corrected chi connectivity index (χ4v) is 2.59. The molecule has 0 spiro atoms. The molecule has 0 radical (unpaired) electrons. The third-order valence-electron chi connectivity index (χ3n) is 3.22. The molecule has 0 atom stereocenters. The van der Waals surface area contributed by atoms with Crippen LogP contribution < -0.4 is 14.9 Å². The molecule has 0 unspecified atom stereocenters. The summed E-state index contributed by atoms with van der Waals surface area (Å²) >= 11 is 2.99. The Kier molecular flexibility index (Phi) is 6.89. The second kappa shape index (κ2) is 8.91. The van der Waals surface area contributed by atoms with E-state index >= 15 is 0 Å². The summed E-state index contributed by atoms with van der Waals surface area (Å²) < 4.78 is 1.95. The van der Waals surface area contributed by atoms with E-state index in [0.29, 0.717) is 16.5 Å². The highest BCUT2D eigenvalue weighted by atomic mass is 32.2. The third kappa shape index (κ3) is 5.23. The first kappa shape index (κ1) is 19.3. The van der Waals surface area contributed by atoms with Gasteiger partial charge in [0, 0.05) is 43.5 Å². The van der Waals surface area contributed by atoms with Gasteiger partial charge in [0.25, 0.3) is 5.91 Å². The van der Waals surface area contributed by atoms with Gasteiger partial charge in [0.05, 0.1) is 0 Å². The number of hydrogen-bond donors (Lipinski definition) is 2. The van der Waals surface area contributed by atoms with Crippen molar-refractivity contribution in [3.8, 4) is 0 Å². The van der Waals surface area contributed by atoms with Crippen LogP contribution in [0.1, 0.15) is 24.2 Å². The fourth-order valence-electron chi connectivity index (χ4n) is 1.96. The van der Waals surface area contributed by atoms with Crippen LogP contribution in [0.2, 0.25) is 0 Å². The van der Waals surface area contributed by atoms with Crippen molar-refractivity contribution >= 4 is 46.9 Å². The molecule has 0 aromatic carbocycles. The molecule has 2 rings (SSSR count). The van der Waals surface area contributed by atoms with Crippen LogP contribution in [0, 0.1) is 0 Å². The molecular formula is C16H22N6OS2. The molecule has 7 nitrogen and oxygen atoms in total. The normalized spacial score (nSPS) is 10.6. The van der Waals surface area contributed by atoms with E-state index in [1.54, 1.807) is 24.3 Å². The first-order valence-electron chi connectivity index (χ1n) is 7.67. The number of pyridine rings is 1. The molecule has 0 aliphatic carbocycles. The van der Waals surface area contributed by atoms with E-state index in [1.165, 1.54) is 11.8 Å². The lowest BCUT2D eigenvalue weighted by Gasteiger charge is -2.16. The molecule has 2 N–H and O–H groups in total. The van der Waals surface area contributed by atoms with Gasteiger partial charge in [-0.05, 0) is 26.2 Å². The Morgan fingerprint density at radius 2 is 2.04 bits per heavy atom. The average Bonchev–Trinajstić information content (AvgIpc) is 2.60. The quantitative estimate of drug-likeness (QED) is 0.432. The second-order valence-corrected chi connectivity index (χ2v) is 7.14. The number of carbonyl (C=O) groups excluding carboxylic acids is 1. The van der Waals surface area contributed by atoms with E-state index in [1.807, 2.05) is 49.8 Å². The average molecular weight is 379 g/mol. The number of rotatable bonds is 7. The molecule has 2 aromatic heterocycles. The van der Waals surface area contributed by atoms with Gasteiger partial charge >= 0.3 is 0 Å². The summed E-state index contributed by atoms with van der Waals surface area (Å²) in [7, 11) is 1.94. The summed E-state index contributed by atoms with van der Waals surface area (Å²) in [5.41, 5.74) is 1.21. The molecule has 0 saturated carbocycles. The Morgan fingerprint density at radius 1 is 1.28 bits per heavy atom. The van der Waals surface area contributed by atoms with Crippen LogP contribution in [0.5, 0.6) is 0 Å². The van der Waals surface area contributed by atoms with Gasteiger partial charge < -0.3 is 14.9 Å². The minimum absolute atomic E-state index is 0.0309. The Labute approximate surface area is 156 Å². The highest BCUT2D eigenvalue weighted by molar-refractivity contribution is 7.99. The first-order valence-corrected chi connectivity index (χ1v) is 10.1. The minimum Gasteiger partial charge on any atom is -0.350 e. The van der Waals surface area contributed by atoms with Gasteiger partial charge in [-0.15, -0.1) is 0 Å². The van der Waals surface area contributed by atoms with E-state index in [2.05, 4.69) is 25.6 Å². The molecular weight excluding hydrogens is 356 g/mol. The predicted molar refractivity (Wildman–Crippen MR) is 106 cm³/mol. The number of thioether (sulfide) groups is 1. The molecule has 2 heterocycles. The lowest BCUT2D eigenvalue weighted by molar-refractivity contribution is 0.0943. The second-order valence-electron chi connectivity index (χ2n) is 5.45. The molecule has 0 aliphatic heterocycles. The monoisotopic (exact) mass is 378 g/mol. The van der Waals surface area contributed by atoms with Gasteiger partial charge in [0.15, 0.2) is 5.16 Å². The standard InChI is InChI=1S/C16H22N6OS2/c1-10(2)19-15(23)12-9-18-16(24-4)21-14(12)20-11-6-7-17-13(8-11)22(3)25-5/h6-10H,1-5H3,(H,19,23)(H,17,18,20,21). The van der Waals surface area contributed by atoms with Gasteiger partial charge in [-0.2, -0.15) is 0 Å². The topological polar surface area (TPSA) is 83.0 Å². The highest BCUT2D eigenvalue weighted by Crippen LogP contribution is 2.24. The van der Waals surface area contributed by atoms with E-state index in [0.717, 1.165) is 11.5 Å². The molecule has 0 aliphatic rings. The molecule has 0 bridgehead atoms. The van der Waals surface area contributed by atoms with Crippen molar-refractivity contribution in [1.82, 2.24) is 20.3 Å². The molecule has 25 heavy (non-hydrogen) atoms. The summed E-state index contributed by atoms with van der Waals surface area (Å²) in [6, 6.07) is 3.77. The first-order chi connectivity index (χ1) is 11.9. The van der Waals surface area contributed by atoms with Crippen molar-refractivity contribution in [1.29, 1.82) is 0 Å². The number of anilines is 3. The Hall–Kier alpha value is -2.00. The van der Waals surface area contributed by atoms with Crippen LogP contribution in [-0.2, 0) is 0 Å². The number of nitrogens with zero attached hydrogens (tertiary/aromatic N) is 4. The largest absolute Gasteiger partial charge is 0.350 e. The Bertz CT molecular complexity index is 740. The smallest absolute Gasteiger partial charge is 0.256 e. The maximum absolute atomic E-state index is 12.4. The van der Waals surface area contributed by atoms with Crippen LogP contribution in [0.25, 0.3) is 0 Å². The number of aromatic nitrogens is 3. The number of hydrogen-bond acceptors (Lipinski definition) is 8. The zero-order valence-electron chi connectivity index (χ0n) is 14.9. The fraction of sp³-hybridized carbons (Fsp3) is 0.375. The molecule has 0 fully saturated rings. The predicted octanol–water partition coefficient (Wildman–Crippen LogP) is 3.19. The minimum atomic E-state index is -0.208. The van der Waals surface area contributed by atoms with Crippen molar-refractivity contribution < 1.29 is 4.79 Å². The van der Waals surface area contributed by atoms with E-state index in [-0.39, 0.29) is 11.9 Å². The van der Waals surface area contributed by atoms with Crippen LogP contribution in [0.15, 0.2) is 29.7 Å². The van der Waals surface area contributed by atoms with Crippen molar-refractivity contribution in [2.45, 2.75) is 25.0 Å². The summed E-state index contributed by atoms with van der Waals surface area (Å²) in [5.74, 6) is 1.08. The van der Waals surface area contributed by atoms with E-state index in [9.17, 15) is 4.79 Å². The SMILES string of the molecule is CSc1ncc(C(=O)NC(C)C)c(Nc2ccnc(N(C)SC)c2)n1. The summed E-state index contributed by atoms with van der Waals surface area (Å²) in [4.78, 5) is 25.4. The van der Waals surface area contributed by atoms with Crippen molar-refractivity contribution in [2.24, 2.45) is 0 Å². The number of nitrogens with one attached hydrogen (secondary N) is 2. The lowest BCUT2D eigenvalue weighted by atomic mass is 10.2. The molecule has 134 valence electrons. The molecule has 9 heteroatoms. The maximum Gasteiger partial charge on any atom is 0.256 e. The summed E-state index contributed by atoms with van der Waals surface area (Å²) in [5, 5.41) is 6.69. The van der Waals surface area contributed by atoms with Gasteiger partial charge in [0.1, 0.15) is 17.2 Å². The molecule has 0 saturated heterocycles. The number of carbonyl (C=O) groups is 1. The highest BCUT2D eigenvalue weighted by Gasteiger charge is 2.16.